The second kappa shape index (κ2) is 4.69. The van der Waals surface area contributed by atoms with Gasteiger partial charge in [0.15, 0.2) is 0 Å². The van der Waals surface area contributed by atoms with Crippen LogP contribution in [0.5, 0.6) is 0 Å². The number of thiocarbonyl (C=S) groups is 1. The van der Waals surface area contributed by atoms with Crippen molar-refractivity contribution in [3.05, 3.63) is 0 Å². The number of carbonyl (C=O) groups excluding carboxylic acids is 1. The SMILES string of the molecule is CN(CCC(N)=S)C(=O)C12CC3CC(CC(C)(C3)C1)C2. The minimum atomic E-state index is -0.0657. The van der Waals surface area contributed by atoms with Gasteiger partial charge >= 0.3 is 0 Å². The van der Waals surface area contributed by atoms with Crippen molar-refractivity contribution in [1.82, 2.24) is 4.90 Å². The molecule has 20 heavy (non-hydrogen) atoms. The lowest BCUT2D eigenvalue weighted by Gasteiger charge is -2.61. The van der Waals surface area contributed by atoms with Gasteiger partial charge in [0.1, 0.15) is 0 Å². The number of carbonyl (C=O) groups is 1. The van der Waals surface area contributed by atoms with Gasteiger partial charge in [-0.25, -0.2) is 0 Å². The Morgan fingerprint density at radius 3 is 2.40 bits per heavy atom. The molecule has 2 atom stereocenters. The molecule has 0 aliphatic heterocycles. The van der Waals surface area contributed by atoms with Crippen LogP contribution in [0, 0.1) is 22.7 Å². The van der Waals surface area contributed by atoms with Gasteiger partial charge in [0.2, 0.25) is 5.91 Å². The first-order chi connectivity index (χ1) is 9.32. The van der Waals surface area contributed by atoms with Gasteiger partial charge in [0.25, 0.3) is 0 Å². The van der Waals surface area contributed by atoms with Crippen molar-refractivity contribution in [2.75, 3.05) is 13.6 Å². The van der Waals surface area contributed by atoms with Crippen LogP contribution in [0.15, 0.2) is 0 Å². The van der Waals surface area contributed by atoms with Gasteiger partial charge in [-0.15, -0.1) is 0 Å². The lowest BCUT2D eigenvalue weighted by molar-refractivity contribution is -0.164. The number of hydrogen-bond donors (Lipinski definition) is 1. The molecule has 4 bridgehead atoms. The maximum absolute atomic E-state index is 13.0. The molecule has 0 aromatic heterocycles. The zero-order valence-corrected chi connectivity index (χ0v) is 13.5. The zero-order valence-electron chi connectivity index (χ0n) is 12.7. The zero-order chi connectivity index (χ0) is 14.5. The van der Waals surface area contributed by atoms with Gasteiger partial charge in [-0.3, -0.25) is 4.79 Å². The summed E-state index contributed by atoms with van der Waals surface area (Å²) in [4.78, 5) is 15.4. The molecule has 2 unspecified atom stereocenters. The highest BCUT2D eigenvalue weighted by atomic mass is 32.1. The molecule has 0 heterocycles. The fraction of sp³-hybridized carbons (Fsp3) is 0.875. The Hall–Kier alpha value is -0.640. The summed E-state index contributed by atoms with van der Waals surface area (Å²) in [6.45, 7) is 3.07. The molecule has 4 rings (SSSR count). The summed E-state index contributed by atoms with van der Waals surface area (Å²) in [6.07, 6.45) is 8.02. The first kappa shape index (κ1) is 14.3. The van der Waals surface area contributed by atoms with Crippen LogP contribution in [0.3, 0.4) is 0 Å². The van der Waals surface area contributed by atoms with E-state index in [4.69, 9.17) is 18.0 Å². The van der Waals surface area contributed by atoms with E-state index >= 15 is 0 Å². The van der Waals surface area contributed by atoms with E-state index in [0.29, 0.717) is 29.3 Å². The predicted molar refractivity (Wildman–Crippen MR) is 84.3 cm³/mol. The second-order valence-electron chi connectivity index (χ2n) is 8.00. The maximum atomic E-state index is 13.0. The highest BCUT2D eigenvalue weighted by Crippen LogP contribution is 2.65. The molecule has 0 aromatic carbocycles. The van der Waals surface area contributed by atoms with Crippen LogP contribution in [-0.4, -0.2) is 29.4 Å². The topological polar surface area (TPSA) is 46.3 Å². The van der Waals surface area contributed by atoms with E-state index in [-0.39, 0.29) is 5.41 Å². The Morgan fingerprint density at radius 1 is 1.30 bits per heavy atom. The second-order valence-corrected chi connectivity index (χ2v) is 8.52. The molecule has 4 heteroatoms. The molecular weight excluding hydrogens is 268 g/mol. The molecule has 112 valence electrons. The molecule has 0 aromatic rings. The molecule has 0 radical (unpaired) electrons. The molecule has 4 fully saturated rings. The summed E-state index contributed by atoms with van der Waals surface area (Å²) in [6, 6.07) is 0. The van der Waals surface area contributed by atoms with Crippen LogP contribution in [0.4, 0.5) is 0 Å². The minimum Gasteiger partial charge on any atom is -0.393 e. The molecule has 3 nitrogen and oxygen atoms in total. The van der Waals surface area contributed by atoms with Crippen LogP contribution >= 0.6 is 12.2 Å². The maximum Gasteiger partial charge on any atom is 0.228 e. The van der Waals surface area contributed by atoms with E-state index in [1.807, 2.05) is 11.9 Å². The summed E-state index contributed by atoms with van der Waals surface area (Å²) >= 11 is 4.93. The number of hydrogen-bond acceptors (Lipinski definition) is 2. The molecule has 4 saturated carbocycles. The van der Waals surface area contributed by atoms with Crippen molar-refractivity contribution in [1.29, 1.82) is 0 Å². The van der Waals surface area contributed by atoms with E-state index in [1.54, 1.807) is 0 Å². The van der Waals surface area contributed by atoms with Crippen molar-refractivity contribution in [2.24, 2.45) is 28.4 Å². The molecule has 4 aliphatic carbocycles. The lowest BCUT2D eigenvalue weighted by atomic mass is 9.44. The van der Waals surface area contributed by atoms with Crippen molar-refractivity contribution in [3.63, 3.8) is 0 Å². The molecule has 4 aliphatic rings. The van der Waals surface area contributed by atoms with E-state index in [1.165, 1.54) is 19.3 Å². The fourth-order valence-corrected chi connectivity index (χ4v) is 5.85. The quantitative estimate of drug-likeness (QED) is 0.811. The third kappa shape index (κ3) is 2.36. The Labute approximate surface area is 127 Å². The fourth-order valence-electron chi connectivity index (χ4n) is 5.75. The van der Waals surface area contributed by atoms with E-state index in [0.717, 1.165) is 31.1 Å². The summed E-state index contributed by atoms with van der Waals surface area (Å²) in [5.74, 6) is 1.93. The summed E-state index contributed by atoms with van der Waals surface area (Å²) in [5, 5.41) is 0. The van der Waals surface area contributed by atoms with Gasteiger partial charge in [-0.05, 0) is 55.8 Å². The highest BCUT2D eigenvalue weighted by Gasteiger charge is 2.59. The standard InChI is InChI=1S/C16H26N2OS/c1-15-6-11-5-12(7-15)9-16(8-11,10-15)14(19)18(2)4-3-13(17)20/h11-12H,3-10H2,1-2H3,(H2,17,20). The van der Waals surface area contributed by atoms with Gasteiger partial charge < -0.3 is 10.6 Å². The Morgan fingerprint density at radius 2 is 1.90 bits per heavy atom. The minimum absolute atomic E-state index is 0.0657. The summed E-state index contributed by atoms with van der Waals surface area (Å²) in [7, 11) is 1.92. The largest absolute Gasteiger partial charge is 0.393 e. The van der Waals surface area contributed by atoms with Crippen LogP contribution < -0.4 is 5.73 Å². The van der Waals surface area contributed by atoms with Crippen LogP contribution in [-0.2, 0) is 4.79 Å². The predicted octanol–water partition coefficient (Wildman–Crippen LogP) is 2.73. The van der Waals surface area contributed by atoms with Gasteiger partial charge in [0.05, 0.1) is 10.4 Å². The average molecular weight is 294 g/mol. The van der Waals surface area contributed by atoms with Crippen LogP contribution in [0.1, 0.15) is 51.9 Å². The van der Waals surface area contributed by atoms with Crippen LogP contribution in [0.2, 0.25) is 0 Å². The lowest BCUT2D eigenvalue weighted by Crippen LogP contribution is -2.57. The van der Waals surface area contributed by atoms with E-state index in [2.05, 4.69) is 6.92 Å². The number of nitrogens with two attached hydrogens (primary N) is 1. The van der Waals surface area contributed by atoms with Gasteiger partial charge in [0, 0.05) is 20.0 Å². The molecule has 0 spiro atoms. The smallest absolute Gasteiger partial charge is 0.228 e. The summed E-state index contributed by atoms with van der Waals surface area (Å²) in [5.41, 5.74) is 5.92. The van der Waals surface area contributed by atoms with Crippen molar-refractivity contribution in [3.8, 4) is 0 Å². The Kier molecular flexibility index (Phi) is 3.35. The van der Waals surface area contributed by atoms with E-state index in [9.17, 15) is 4.79 Å². The van der Waals surface area contributed by atoms with Crippen molar-refractivity contribution in [2.45, 2.75) is 51.9 Å². The average Bonchev–Trinajstić information content (AvgIpc) is 2.31. The highest BCUT2D eigenvalue weighted by molar-refractivity contribution is 7.80. The number of nitrogens with zero attached hydrogens (tertiary/aromatic N) is 1. The number of amides is 1. The molecule has 0 saturated heterocycles. The first-order valence-electron chi connectivity index (χ1n) is 7.86. The summed E-state index contributed by atoms with van der Waals surface area (Å²) < 4.78 is 0. The number of rotatable bonds is 4. The monoisotopic (exact) mass is 294 g/mol. The molecule has 1 amide bonds. The Balaban J connectivity index is 1.75. The normalized spacial score (nSPS) is 41.7. The van der Waals surface area contributed by atoms with Crippen molar-refractivity contribution < 1.29 is 4.79 Å². The Bertz CT molecular complexity index is 434. The third-order valence-corrected chi connectivity index (χ3v) is 6.05. The molecular formula is C16H26N2OS. The van der Waals surface area contributed by atoms with Gasteiger partial charge in [-0.2, -0.15) is 0 Å². The third-order valence-electron chi connectivity index (χ3n) is 5.85. The van der Waals surface area contributed by atoms with Crippen molar-refractivity contribution >= 4 is 23.1 Å². The first-order valence-corrected chi connectivity index (χ1v) is 8.27. The van der Waals surface area contributed by atoms with Gasteiger partial charge in [-0.1, -0.05) is 19.1 Å². The van der Waals surface area contributed by atoms with Crippen LogP contribution in [0.25, 0.3) is 0 Å². The molecule has 2 N–H and O–H groups in total. The van der Waals surface area contributed by atoms with E-state index < -0.39 is 0 Å².